The number of hydrogen-bond donors (Lipinski definition) is 2. The number of halogens is 2. The zero-order valence-corrected chi connectivity index (χ0v) is 11.4. The van der Waals surface area contributed by atoms with Crippen LogP contribution in [0.4, 0.5) is 8.78 Å². The van der Waals surface area contributed by atoms with Gasteiger partial charge in [-0.3, -0.25) is 4.79 Å². The lowest BCUT2D eigenvalue weighted by Gasteiger charge is -2.20. The van der Waals surface area contributed by atoms with Gasteiger partial charge in [0, 0.05) is 17.7 Å². The van der Waals surface area contributed by atoms with E-state index in [2.05, 4.69) is 5.32 Å². The van der Waals surface area contributed by atoms with E-state index in [4.69, 9.17) is 5.11 Å². The van der Waals surface area contributed by atoms with Gasteiger partial charge in [0.25, 0.3) is 0 Å². The van der Waals surface area contributed by atoms with Crippen LogP contribution >= 0.6 is 0 Å². The Bertz CT molecular complexity index is 493. The minimum absolute atomic E-state index is 0.0819. The highest BCUT2D eigenvalue weighted by Gasteiger charge is 2.32. The molecule has 0 saturated heterocycles. The third kappa shape index (κ3) is 3.33. The minimum atomic E-state index is -0.755. The fraction of sp³-hybridized carbons (Fsp3) is 0.533. The van der Waals surface area contributed by atoms with Crippen LogP contribution in [0.3, 0.4) is 0 Å². The lowest BCUT2D eigenvalue weighted by Crippen LogP contribution is -2.31. The second kappa shape index (κ2) is 6.31. The number of aliphatic carboxylic acids is 1. The van der Waals surface area contributed by atoms with E-state index in [1.807, 2.05) is 0 Å². The van der Waals surface area contributed by atoms with Crippen LogP contribution in [0, 0.1) is 23.5 Å². The number of hydrogen-bond acceptors (Lipinski definition) is 2. The Kier molecular flexibility index (Phi) is 4.70. The molecule has 110 valence electrons. The van der Waals surface area contributed by atoms with E-state index < -0.39 is 17.6 Å². The molecule has 1 aliphatic carbocycles. The molecule has 3 unspecified atom stereocenters. The molecule has 1 saturated carbocycles. The van der Waals surface area contributed by atoms with Crippen molar-refractivity contribution in [2.24, 2.45) is 11.8 Å². The van der Waals surface area contributed by atoms with E-state index in [0.717, 1.165) is 18.9 Å². The van der Waals surface area contributed by atoms with E-state index in [-0.39, 0.29) is 17.9 Å². The maximum Gasteiger partial charge on any atom is 0.306 e. The van der Waals surface area contributed by atoms with Crippen LogP contribution in [0.15, 0.2) is 18.2 Å². The first kappa shape index (κ1) is 14.9. The zero-order valence-electron chi connectivity index (χ0n) is 11.4. The number of benzene rings is 1. The summed E-state index contributed by atoms with van der Waals surface area (Å²) in [5.41, 5.74) is 0.399. The van der Waals surface area contributed by atoms with Crippen molar-refractivity contribution in [3.05, 3.63) is 35.4 Å². The molecular formula is C15H19F2NO2. The second-order valence-corrected chi connectivity index (χ2v) is 5.43. The fourth-order valence-corrected chi connectivity index (χ4v) is 2.90. The summed E-state index contributed by atoms with van der Waals surface area (Å²) < 4.78 is 26.5. The first-order valence-electron chi connectivity index (χ1n) is 6.90. The Morgan fingerprint density at radius 3 is 2.85 bits per heavy atom. The normalized spacial score (nSPS) is 23.8. The van der Waals surface area contributed by atoms with Gasteiger partial charge in [-0.1, -0.05) is 12.5 Å². The van der Waals surface area contributed by atoms with E-state index >= 15 is 0 Å². The van der Waals surface area contributed by atoms with Gasteiger partial charge >= 0.3 is 5.97 Å². The highest BCUT2D eigenvalue weighted by molar-refractivity contribution is 5.70. The molecule has 2 N–H and O–H groups in total. The highest BCUT2D eigenvalue weighted by Crippen LogP contribution is 2.32. The van der Waals surface area contributed by atoms with Crippen molar-refractivity contribution in [2.45, 2.75) is 32.2 Å². The molecule has 0 bridgehead atoms. The molecule has 0 radical (unpaired) electrons. The summed E-state index contributed by atoms with van der Waals surface area (Å²) in [4.78, 5) is 11.1. The van der Waals surface area contributed by atoms with Crippen LogP contribution in [-0.2, 0) is 4.79 Å². The summed E-state index contributed by atoms with van der Waals surface area (Å²) in [5, 5.41) is 12.3. The van der Waals surface area contributed by atoms with E-state index in [9.17, 15) is 13.6 Å². The van der Waals surface area contributed by atoms with Crippen molar-refractivity contribution < 1.29 is 18.7 Å². The van der Waals surface area contributed by atoms with Crippen molar-refractivity contribution in [3.8, 4) is 0 Å². The molecule has 3 nitrogen and oxygen atoms in total. The molecule has 0 aromatic heterocycles. The first-order valence-corrected chi connectivity index (χ1v) is 6.90. The highest BCUT2D eigenvalue weighted by atomic mass is 19.1. The van der Waals surface area contributed by atoms with Crippen molar-refractivity contribution in [3.63, 3.8) is 0 Å². The van der Waals surface area contributed by atoms with E-state index in [1.165, 1.54) is 12.1 Å². The molecule has 0 heterocycles. The van der Waals surface area contributed by atoms with Gasteiger partial charge in [-0.25, -0.2) is 8.78 Å². The standard InChI is InChI=1S/C15H19F2NO2/c1-9(12-6-5-11(16)7-14(12)17)18-8-10-3-2-4-13(10)15(19)20/h5-7,9-10,13,18H,2-4,8H2,1H3,(H,19,20). The third-order valence-electron chi connectivity index (χ3n) is 4.09. The zero-order chi connectivity index (χ0) is 14.7. The number of carboxylic acid groups (broad SMARTS) is 1. The van der Waals surface area contributed by atoms with Gasteiger partial charge in [0.1, 0.15) is 11.6 Å². The van der Waals surface area contributed by atoms with Crippen LogP contribution in [0.5, 0.6) is 0 Å². The molecule has 1 aromatic carbocycles. The van der Waals surface area contributed by atoms with Gasteiger partial charge in [0.15, 0.2) is 0 Å². The summed E-state index contributed by atoms with van der Waals surface area (Å²) in [6, 6.07) is 3.24. The number of rotatable bonds is 5. The summed E-state index contributed by atoms with van der Waals surface area (Å²) in [6.45, 7) is 2.33. The molecule has 20 heavy (non-hydrogen) atoms. The van der Waals surface area contributed by atoms with Gasteiger partial charge in [-0.05, 0) is 38.3 Å². The Hall–Kier alpha value is -1.49. The van der Waals surface area contributed by atoms with Crippen LogP contribution in [-0.4, -0.2) is 17.6 Å². The first-order chi connectivity index (χ1) is 9.49. The Morgan fingerprint density at radius 1 is 1.45 bits per heavy atom. The minimum Gasteiger partial charge on any atom is -0.481 e. The summed E-state index contributed by atoms with van der Waals surface area (Å²) in [7, 11) is 0. The van der Waals surface area contributed by atoms with Crippen molar-refractivity contribution in [1.29, 1.82) is 0 Å². The number of nitrogens with one attached hydrogen (secondary N) is 1. The van der Waals surface area contributed by atoms with Gasteiger partial charge in [0.05, 0.1) is 5.92 Å². The third-order valence-corrected chi connectivity index (χ3v) is 4.09. The predicted molar refractivity (Wildman–Crippen MR) is 71.2 cm³/mol. The lowest BCUT2D eigenvalue weighted by atomic mass is 9.95. The van der Waals surface area contributed by atoms with Crippen LogP contribution in [0.2, 0.25) is 0 Å². The van der Waals surface area contributed by atoms with E-state index in [0.29, 0.717) is 18.5 Å². The molecule has 3 atom stereocenters. The second-order valence-electron chi connectivity index (χ2n) is 5.43. The van der Waals surface area contributed by atoms with E-state index in [1.54, 1.807) is 6.92 Å². The van der Waals surface area contributed by atoms with Crippen molar-refractivity contribution >= 4 is 5.97 Å². The van der Waals surface area contributed by atoms with Crippen LogP contribution in [0.1, 0.15) is 37.8 Å². The average molecular weight is 283 g/mol. The molecule has 1 fully saturated rings. The maximum absolute atomic E-state index is 13.6. The predicted octanol–water partition coefficient (Wildman–Crippen LogP) is 3.12. The smallest absolute Gasteiger partial charge is 0.306 e. The lowest BCUT2D eigenvalue weighted by molar-refractivity contribution is -0.142. The van der Waals surface area contributed by atoms with Crippen LogP contribution < -0.4 is 5.32 Å². The van der Waals surface area contributed by atoms with Crippen molar-refractivity contribution in [1.82, 2.24) is 5.32 Å². The average Bonchev–Trinajstić information content (AvgIpc) is 2.84. The van der Waals surface area contributed by atoms with Crippen molar-refractivity contribution in [2.75, 3.05) is 6.54 Å². The molecule has 0 amide bonds. The molecule has 2 rings (SSSR count). The van der Waals surface area contributed by atoms with Gasteiger partial charge in [0.2, 0.25) is 0 Å². The maximum atomic E-state index is 13.6. The topological polar surface area (TPSA) is 49.3 Å². The fourth-order valence-electron chi connectivity index (χ4n) is 2.90. The monoisotopic (exact) mass is 283 g/mol. The molecule has 5 heteroatoms. The molecule has 0 spiro atoms. The van der Waals surface area contributed by atoms with Crippen LogP contribution in [0.25, 0.3) is 0 Å². The molecule has 1 aliphatic rings. The molecule has 1 aromatic rings. The summed E-state index contributed by atoms with van der Waals surface area (Å²) in [5.74, 6) is -2.16. The Balaban J connectivity index is 1.95. The Labute approximate surface area is 117 Å². The largest absolute Gasteiger partial charge is 0.481 e. The Morgan fingerprint density at radius 2 is 2.20 bits per heavy atom. The summed E-state index contributed by atoms with van der Waals surface area (Å²) >= 11 is 0. The van der Waals surface area contributed by atoms with Gasteiger partial charge in [-0.15, -0.1) is 0 Å². The van der Waals surface area contributed by atoms with Gasteiger partial charge in [-0.2, -0.15) is 0 Å². The number of carbonyl (C=O) groups is 1. The molecule has 0 aliphatic heterocycles. The quantitative estimate of drug-likeness (QED) is 0.873. The summed E-state index contributed by atoms with van der Waals surface area (Å²) in [6.07, 6.45) is 2.51. The molecular weight excluding hydrogens is 264 g/mol. The van der Waals surface area contributed by atoms with Gasteiger partial charge < -0.3 is 10.4 Å². The number of carboxylic acids is 1. The SMILES string of the molecule is CC(NCC1CCCC1C(=O)O)c1ccc(F)cc1F.